The number of fused-ring (bicyclic) bond motifs is 1. The van der Waals surface area contributed by atoms with Gasteiger partial charge in [-0.15, -0.1) is 0 Å². The van der Waals surface area contributed by atoms with E-state index in [2.05, 4.69) is 34.0 Å². The Morgan fingerprint density at radius 1 is 1.06 bits per heavy atom. The molecule has 3 aromatic carbocycles. The first kappa shape index (κ1) is 20.7. The van der Waals surface area contributed by atoms with Crippen LogP contribution in [0.15, 0.2) is 60.7 Å². The number of amides is 1. The van der Waals surface area contributed by atoms with E-state index in [4.69, 9.17) is 7.85 Å². The number of nitrogens with zero attached hydrogens (tertiary/aromatic N) is 2. The molecule has 0 atom stereocenters. The minimum atomic E-state index is -0.295. The zero-order valence-corrected chi connectivity index (χ0v) is 17.4. The van der Waals surface area contributed by atoms with E-state index in [0.29, 0.717) is 22.5 Å². The molecule has 0 fully saturated rings. The van der Waals surface area contributed by atoms with Crippen LogP contribution >= 0.6 is 0 Å². The molecule has 5 nitrogen and oxygen atoms in total. The number of hydrogen-bond donors (Lipinski definition) is 2. The quantitative estimate of drug-likeness (QED) is 0.466. The SMILES string of the molecule is [B]c1ccc(C(=O)Nc2cc3[nH]c(-c4ccc(F)cc4)nc3cc2N(CC)CC)cc1. The Hall–Kier alpha value is -3.61. The number of H-pyrrole nitrogens is 1. The zero-order chi connectivity index (χ0) is 22.0. The van der Waals surface area contributed by atoms with Gasteiger partial charge < -0.3 is 15.2 Å². The topological polar surface area (TPSA) is 61.0 Å². The van der Waals surface area contributed by atoms with Crippen LogP contribution in [-0.4, -0.2) is 36.8 Å². The van der Waals surface area contributed by atoms with E-state index in [-0.39, 0.29) is 11.7 Å². The molecule has 31 heavy (non-hydrogen) atoms. The maximum absolute atomic E-state index is 13.3. The van der Waals surface area contributed by atoms with Gasteiger partial charge in [0.25, 0.3) is 5.91 Å². The maximum atomic E-state index is 13.3. The smallest absolute Gasteiger partial charge is 0.255 e. The summed E-state index contributed by atoms with van der Waals surface area (Å²) in [4.78, 5) is 23.0. The summed E-state index contributed by atoms with van der Waals surface area (Å²) in [6.45, 7) is 5.69. The summed E-state index contributed by atoms with van der Waals surface area (Å²) in [6, 6.07) is 16.8. The standard InChI is InChI=1S/C24H22BFN4O/c1-3-30(4-2)22-14-20-19(27-23(28-20)15-7-11-18(26)12-8-15)13-21(22)29-24(31)16-5-9-17(25)10-6-16/h5-14H,3-4H2,1-2H3,(H,27,28)(H,29,31). The fourth-order valence-electron chi connectivity index (χ4n) is 3.55. The Morgan fingerprint density at radius 3 is 2.39 bits per heavy atom. The average molecular weight is 412 g/mol. The predicted octanol–water partition coefficient (Wildman–Crippen LogP) is 4.26. The van der Waals surface area contributed by atoms with Crippen molar-refractivity contribution in [3.05, 3.63) is 72.0 Å². The minimum absolute atomic E-state index is 0.217. The fourth-order valence-corrected chi connectivity index (χ4v) is 3.55. The largest absolute Gasteiger partial charge is 0.370 e. The number of rotatable bonds is 6. The van der Waals surface area contributed by atoms with Crippen molar-refractivity contribution >= 4 is 41.6 Å². The van der Waals surface area contributed by atoms with Crippen LogP contribution in [0.2, 0.25) is 0 Å². The monoisotopic (exact) mass is 412 g/mol. The van der Waals surface area contributed by atoms with Crippen LogP contribution < -0.4 is 15.7 Å². The van der Waals surface area contributed by atoms with E-state index in [1.54, 1.807) is 36.4 Å². The highest BCUT2D eigenvalue weighted by molar-refractivity contribution is 6.32. The third-order valence-electron chi connectivity index (χ3n) is 5.24. The number of hydrogen-bond acceptors (Lipinski definition) is 3. The molecule has 0 bridgehead atoms. The van der Waals surface area contributed by atoms with Gasteiger partial charge in [0.1, 0.15) is 19.5 Å². The van der Waals surface area contributed by atoms with Gasteiger partial charge >= 0.3 is 0 Å². The first-order valence-electron chi connectivity index (χ1n) is 10.2. The predicted molar refractivity (Wildman–Crippen MR) is 125 cm³/mol. The van der Waals surface area contributed by atoms with Crippen LogP contribution in [0.25, 0.3) is 22.4 Å². The van der Waals surface area contributed by atoms with Crippen molar-refractivity contribution in [2.24, 2.45) is 0 Å². The van der Waals surface area contributed by atoms with E-state index >= 15 is 0 Å². The Labute approximate surface area is 181 Å². The second-order valence-electron chi connectivity index (χ2n) is 7.23. The number of carbonyl (C=O) groups excluding carboxylic acids is 1. The highest BCUT2D eigenvalue weighted by atomic mass is 19.1. The van der Waals surface area contributed by atoms with Crippen molar-refractivity contribution in [3.8, 4) is 11.4 Å². The molecule has 1 aromatic heterocycles. The van der Waals surface area contributed by atoms with Crippen molar-refractivity contribution < 1.29 is 9.18 Å². The molecule has 0 saturated heterocycles. The summed E-state index contributed by atoms with van der Waals surface area (Å²) in [6.07, 6.45) is 0. The van der Waals surface area contributed by atoms with Crippen LogP contribution in [0.3, 0.4) is 0 Å². The molecule has 1 amide bonds. The van der Waals surface area contributed by atoms with E-state index in [1.807, 2.05) is 12.1 Å². The van der Waals surface area contributed by atoms with Crippen LogP contribution in [-0.2, 0) is 0 Å². The van der Waals surface area contributed by atoms with Crippen LogP contribution in [0.4, 0.5) is 15.8 Å². The number of halogens is 1. The summed E-state index contributed by atoms with van der Waals surface area (Å²) in [5, 5.41) is 3.03. The second kappa shape index (κ2) is 8.64. The molecule has 4 rings (SSSR count). The summed E-state index contributed by atoms with van der Waals surface area (Å²) in [7, 11) is 5.73. The highest BCUT2D eigenvalue weighted by Gasteiger charge is 2.16. The van der Waals surface area contributed by atoms with Gasteiger partial charge in [0, 0.05) is 24.2 Å². The molecule has 0 unspecified atom stereocenters. The van der Waals surface area contributed by atoms with Crippen molar-refractivity contribution in [1.29, 1.82) is 0 Å². The molecule has 2 radical (unpaired) electrons. The van der Waals surface area contributed by atoms with Crippen LogP contribution in [0.1, 0.15) is 24.2 Å². The molecule has 4 aromatic rings. The number of anilines is 2. The zero-order valence-electron chi connectivity index (χ0n) is 17.4. The Morgan fingerprint density at radius 2 is 1.74 bits per heavy atom. The minimum Gasteiger partial charge on any atom is -0.370 e. The number of imidazole rings is 1. The number of aromatic amines is 1. The van der Waals surface area contributed by atoms with Gasteiger partial charge in [0.15, 0.2) is 0 Å². The van der Waals surface area contributed by atoms with Crippen molar-refractivity contribution in [3.63, 3.8) is 0 Å². The highest BCUT2D eigenvalue weighted by Crippen LogP contribution is 2.32. The normalized spacial score (nSPS) is 10.9. The number of nitrogens with one attached hydrogen (secondary N) is 2. The molecule has 1 heterocycles. The molecule has 0 aliphatic rings. The summed E-state index contributed by atoms with van der Waals surface area (Å²) in [5.74, 6) is 0.130. The van der Waals surface area contributed by atoms with E-state index < -0.39 is 0 Å². The van der Waals surface area contributed by atoms with Gasteiger partial charge in [-0.25, -0.2) is 9.37 Å². The van der Waals surface area contributed by atoms with Crippen molar-refractivity contribution in [1.82, 2.24) is 9.97 Å². The van der Waals surface area contributed by atoms with E-state index in [9.17, 15) is 9.18 Å². The number of carbonyl (C=O) groups is 1. The number of aromatic nitrogens is 2. The number of benzene rings is 3. The van der Waals surface area contributed by atoms with Gasteiger partial charge in [0.2, 0.25) is 0 Å². The lowest BCUT2D eigenvalue weighted by Gasteiger charge is -2.24. The molecule has 0 aliphatic heterocycles. The van der Waals surface area contributed by atoms with Crippen molar-refractivity contribution in [2.45, 2.75) is 13.8 Å². The van der Waals surface area contributed by atoms with Crippen LogP contribution in [0, 0.1) is 5.82 Å². The molecule has 0 aliphatic carbocycles. The molecular weight excluding hydrogens is 390 g/mol. The first-order chi connectivity index (χ1) is 15.0. The Bertz CT molecular complexity index is 1220. The van der Waals surface area contributed by atoms with Crippen LogP contribution in [0.5, 0.6) is 0 Å². The van der Waals surface area contributed by atoms with E-state index in [0.717, 1.165) is 35.4 Å². The molecule has 7 heteroatoms. The van der Waals surface area contributed by atoms with Gasteiger partial charge in [-0.3, -0.25) is 4.79 Å². The lowest BCUT2D eigenvalue weighted by Crippen LogP contribution is -2.24. The van der Waals surface area contributed by atoms with Crippen molar-refractivity contribution in [2.75, 3.05) is 23.3 Å². The molecule has 154 valence electrons. The molecule has 0 spiro atoms. The third-order valence-corrected chi connectivity index (χ3v) is 5.24. The lowest BCUT2D eigenvalue weighted by molar-refractivity contribution is 0.102. The summed E-state index contributed by atoms with van der Waals surface area (Å²) >= 11 is 0. The van der Waals surface area contributed by atoms with Gasteiger partial charge in [-0.05, 0) is 50.2 Å². The average Bonchev–Trinajstić information content (AvgIpc) is 3.18. The van der Waals surface area contributed by atoms with Gasteiger partial charge in [-0.2, -0.15) is 0 Å². The van der Waals surface area contributed by atoms with Gasteiger partial charge in [0.05, 0.1) is 22.4 Å². The third kappa shape index (κ3) is 4.31. The fraction of sp³-hybridized carbons (Fsp3) is 0.167. The van der Waals surface area contributed by atoms with Gasteiger partial charge in [-0.1, -0.05) is 29.7 Å². The summed E-state index contributed by atoms with van der Waals surface area (Å²) in [5.41, 5.74) is 5.04. The second-order valence-corrected chi connectivity index (χ2v) is 7.23. The lowest BCUT2D eigenvalue weighted by atomic mass is 9.95. The maximum Gasteiger partial charge on any atom is 0.255 e. The Kier molecular flexibility index (Phi) is 5.76. The summed E-state index contributed by atoms with van der Waals surface area (Å²) < 4.78 is 13.3. The molecule has 2 N–H and O–H groups in total. The van der Waals surface area contributed by atoms with E-state index in [1.165, 1.54) is 12.1 Å². The molecule has 0 saturated carbocycles. The first-order valence-corrected chi connectivity index (χ1v) is 10.2. The molecular formula is C24H22BFN4O. The Balaban J connectivity index is 1.76.